The Morgan fingerprint density at radius 1 is 1.45 bits per heavy atom. The average Bonchev–Trinajstić information content (AvgIpc) is 2.98. The summed E-state index contributed by atoms with van der Waals surface area (Å²) in [4.78, 5) is 6.51. The zero-order valence-electron chi connectivity index (χ0n) is 10.7. The number of nitrogens with two attached hydrogens (primary N) is 1. The van der Waals surface area contributed by atoms with E-state index in [1.54, 1.807) is 11.3 Å². The fraction of sp³-hybridized carbons (Fsp3) is 0.250. The maximum atomic E-state index is 11.6. The first-order valence-corrected chi connectivity index (χ1v) is 9.25. The van der Waals surface area contributed by atoms with Gasteiger partial charge in [-0.1, -0.05) is 6.08 Å². The van der Waals surface area contributed by atoms with E-state index in [1.165, 1.54) is 22.3 Å². The Bertz CT molecular complexity index is 688. The molecule has 2 rings (SSSR count). The van der Waals surface area contributed by atoms with Gasteiger partial charge < -0.3 is 5.73 Å². The molecule has 0 spiro atoms. The van der Waals surface area contributed by atoms with Crippen LogP contribution in [0.1, 0.15) is 4.88 Å². The van der Waals surface area contributed by atoms with E-state index in [4.69, 9.17) is 5.73 Å². The lowest BCUT2D eigenvalue weighted by Crippen LogP contribution is -2.14. The van der Waals surface area contributed by atoms with Gasteiger partial charge in [0.15, 0.2) is 5.13 Å². The van der Waals surface area contributed by atoms with Crippen molar-refractivity contribution in [3.05, 3.63) is 35.0 Å². The highest BCUT2D eigenvalue weighted by atomic mass is 32.2. The molecule has 0 radical (unpaired) electrons. The van der Waals surface area contributed by atoms with Crippen molar-refractivity contribution >= 4 is 37.8 Å². The van der Waals surface area contributed by atoms with Gasteiger partial charge in [-0.3, -0.25) is 4.72 Å². The minimum Gasteiger partial charge on any atom is -0.330 e. The van der Waals surface area contributed by atoms with Gasteiger partial charge in [0, 0.05) is 10.3 Å². The van der Waals surface area contributed by atoms with Gasteiger partial charge in [0.1, 0.15) is 0 Å². The fourth-order valence-corrected chi connectivity index (χ4v) is 4.45. The van der Waals surface area contributed by atoms with Crippen LogP contribution in [-0.2, 0) is 16.4 Å². The molecule has 2 aromatic heterocycles. The summed E-state index contributed by atoms with van der Waals surface area (Å²) < 4.78 is 25.7. The number of hydrogen-bond donors (Lipinski definition) is 2. The Hall–Kier alpha value is -1.22. The fourth-order valence-electron chi connectivity index (χ4n) is 1.56. The first kappa shape index (κ1) is 15.2. The van der Waals surface area contributed by atoms with Crippen LogP contribution in [0.4, 0.5) is 5.13 Å². The lowest BCUT2D eigenvalue weighted by atomic mass is 10.3. The van der Waals surface area contributed by atoms with E-state index >= 15 is 0 Å². The summed E-state index contributed by atoms with van der Waals surface area (Å²) in [6, 6.07) is 4.00. The molecule has 0 fully saturated rings. The van der Waals surface area contributed by atoms with Crippen LogP contribution in [-0.4, -0.2) is 25.7 Å². The van der Waals surface area contributed by atoms with Crippen molar-refractivity contribution in [2.75, 3.05) is 17.0 Å². The Labute approximate surface area is 126 Å². The van der Waals surface area contributed by atoms with E-state index in [9.17, 15) is 8.42 Å². The zero-order chi connectivity index (χ0) is 14.6. The van der Waals surface area contributed by atoms with Crippen molar-refractivity contribution in [2.24, 2.45) is 5.73 Å². The minimum atomic E-state index is -3.39. The van der Waals surface area contributed by atoms with E-state index in [1.807, 2.05) is 17.5 Å². The molecule has 0 aliphatic heterocycles. The number of aromatic nitrogens is 1. The molecule has 3 N–H and O–H groups in total. The smallest absolute Gasteiger partial charge is 0.238 e. The summed E-state index contributed by atoms with van der Waals surface area (Å²) in [5, 5.41) is 2.21. The van der Waals surface area contributed by atoms with Crippen LogP contribution >= 0.6 is 22.7 Å². The molecule has 0 amide bonds. The summed E-state index contributed by atoms with van der Waals surface area (Å²) in [5.74, 6) is -0.123. The third-order valence-electron chi connectivity index (χ3n) is 2.39. The Morgan fingerprint density at radius 3 is 2.95 bits per heavy atom. The molecule has 2 heterocycles. The van der Waals surface area contributed by atoms with Crippen LogP contribution in [0.3, 0.4) is 0 Å². The second-order valence-corrected chi connectivity index (χ2v) is 7.81. The van der Waals surface area contributed by atoms with E-state index in [2.05, 4.69) is 16.3 Å². The van der Waals surface area contributed by atoms with Gasteiger partial charge in [0.05, 0.1) is 16.3 Å². The van der Waals surface area contributed by atoms with Gasteiger partial charge in [-0.2, -0.15) is 0 Å². The monoisotopic (exact) mass is 329 g/mol. The predicted molar refractivity (Wildman–Crippen MR) is 85.8 cm³/mol. The van der Waals surface area contributed by atoms with Gasteiger partial charge in [0.25, 0.3) is 0 Å². The summed E-state index contributed by atoms with van der Waals surface area (Å²) in [6.07, 6.45) is 2.18. The molecule has 8 heteroatoms. The van der Waals surface area contributed by atoms with Crippen LogP contribution in [0.2, 0.25) is 0 Å². The van der Waals surface area contributed by atoms with Crippen molar-refractivity contribution in [3.8, 4) is 10.6 Å². The number of nitrogens with zero attached hydrogens (tertiary/aromatic N) is 1. The summed E-state index contributed by atoms with van der Waals surface area (Å²) in [5.41, 5.74) is 6.30. The van der Waals surface area contributed by atoms with Gasteiger partial charge >= 0.3 is 0 Å². The molecule has 0 atom stereocenters. The Morgan fingerprint density at radius 2 is 2.25 bits per heavy atom. The normalized spacial score (nSPS) is 11.4. The van der Waals surface area contributed by atoms with Crippen LogP contribution in [0, 0.1) is 0 Å². The van der Waals surface area contributed by atoms with E-state index in [-0.39, 0.29) is 5.75 Å². The van der Waals surface area contributed by atoms with Crippen LogP contribution in [0.15, 0.2) is 30.2 Å². The van der Waals surface area contributed by atoms with Gasteiger partial charge in [-0.05, 0) is 25.1 Å². The van der Waals surface area contributed by atoms with Crippen molar-refractivity contribution in [1.29, 1.82) is 0 Å². The number of thiazole rings is 1. The Kier molecular flexibility index (Phi) is 4.92. The van der Waals surface area contributed by atoms with Crippen molar-refractivity contribution in [1.82, 2.24) is 4.98 Å². The second-order valence-electron chi connectivity index (χ2n) is 4.01. The number of nitrogens with one attached hydrogen (secondary N) is 1. The van der Waals surface area contributed by atoms with E-state index in [0.717, 1.165) is 17.0 Å². The van der Waals surface area contributed by atoms with Crippen molar-refractivity contribution < 1.29 is 8.42 Å². The number of hydrogen-bond acceptors (Lipinski definition) is 6. The lowest BCUT2D eigenvalue weighted by molar-refractivity contribution is 0.604. The number of sulfonamides is 1. The lowest BCUT2D eigenvalue weighted by Gasteiger charge is -2.00. The van der Waals surface area contributed by atoms with Crippen LogP contribution < -0.4 is 10.5 Å². The van der Waals surface area contributed by atoms with Crippen LogP contribution in [0.5, 0.6) is 0 Å². The maximum absolute atomic E-state index is 11.6. The molecular weight excluding hydrogens is 314 g/mol. The Balaban J connectivity index is 2.14. The highest BCUT2D eigenvalue weighted by molar-refractivity contribution is 7.93. The molecule has 0 aliphatic carbocycles. The van der Waals surface area contributed by atoms with Gasteiger partial charge in [-0.25, -0.2) is 13.4 Å². The number of anilines is 1. The van der Waals surface area contributed by atoms with E-state index < -0.39 is 10.0 Å². The standard InChI is InChI=1S/C12H15N3O2S3/c1-2-7-20(16,17)15-12-14-10(8-18-12)11-4-3-9(19-11)5-6-13/h2-4,8H,1,5-7,13H2,(H,14,15). The molecule has 108 valence electrons. The van der Waals surface area contributed by atoms with E-state index in [0.29, 0.717) is 11.7 Å². The molecule has 0 unspecified atom stereocenters. The SMILES string of the molecule is C=CCS(=O)(=O)Nc1nc(-c2ccc(CCN)s2)cs1. The maximum Gasteiger partial charge on any atom is 0.238 e. The zero-order valence-corrected chi connectivity index (χ0v) is 13.2. The van der Waals surface area contributed by atoms with Gasteiger partial charge in [0.2, 0.25) is 10.0 Å². The quantitative estimate of drug-likeness (QED) is 0.763. The van der Waals surface area contributed by atoms with Crippen molar-refractivity contribution in [2.45, 2.75) is 6.42 Å². The molecule has 0 aliphatic rings. The molecule has 0 aromatic carbocycles. The third kappa shape index (κ3) is 3.89. The first-order valence-electron chi connectivity index (χ1n) is 5.90. The van der Waals surface area contributed by atoms with Crippen LogP contribution in [0.25, 0.3) is 10.6 Å². The topological polar surface area (TPSA) is 85.1 Å². The van der Waals surface area contributed by atoms with Crippen molar-refractivity contribution in [3.63, 3.8) is 0 Å². The highest BCUT2D eigenvalue weighted by Gasteiger charge is 2.12. The predicted octanol–water partition coefficient (Wildman–Crippen LogP) is 2.30. The number of thiophene rings is 1. The largest absolute Gasteiger partial charge is 0.330 e. The molecule has 20 heavy (non-hydrogen) atoms. The minimum absolute atomic E-state index is 0.123. The first-order chi connectivity index (χ1) is 9.54. The molecule has 5 nitrogen and oxygen atoms in total. The molecule has 0 saturated heterocycles. The molecule has 2 aromatic rings. The summed E-state index contributed by atoms with van der Waals surface area (Å²) in [6.45, 7) is 4.03. The molecular formula is C12H15N3O2S3. The second kappa shape index (κ2) is 6.49. The molecule has 0 bridgehead atoms. The highest BCUT2D eigenvalue weighted by Crippen LogP contribution is 2.31. The number of rotatable bonds is 7. The summed E-state index contributed by atoms with van der Waals surface area (Å²) >= 11 is 2.89. The molecule has 0 saturated carbocycles. The summed E-state index contributed by atoms with van der Waals surface area (Å²) in [7, 11) is -3.39. The average molecular weight is 329 g/mol. The third-order valence-corrected chi connectivity index (χ3v) is 5.62. The van der Waals surface area contributed by atoms with Gasteiger partial charge in [-0.15, -0.1) is 29.3 Å².